The molecule has 2 fully saturated rings. The first-order valence-corrected chi connectivity index (χ1v) is 16.5. The van der Waals surface area contributed by atoms with Gasteiger partial charge in [0.2, 0.25) is 5.95 Å². The topological polar surface area (TPSA) is 251 Å². The van der Waals surface area contributed by atoms with Gasteiger partial charge in [0.25, 0.3) is 5.56 Å². The van der Waals surface area contributed by atoms with Crippen LogP contribution < -0.4 is 22.7 Å². The highest BCUT2D eigenvalue weighted by atomic mass is 31.2. The number of aromatic nitrogens is 6. The number of aliphatic hydroxyl groups excluding tert-OH is 2. The van der Waals surface area contributed by atoms with Crippen LogP contribution in [0.25, 0.3) is 11.2 Å². The number of nitrogens with zero attached hydrogens (tertiary/aromatic N) is 7. The van der Waals surface area contributed by atoms with E-state index in [9.17, 15) is 24.4 Å². The zero-order chi connectivity index (χ0) is 33.2. The van der Waals surface area contributed by atoms with Gasteiger partial charge in [0.1, 0.15) is 36.6 Å². The Morgan fingerprint density at radius 3 is 2.52 bits per heavy atom. The van der Waals surface area contributed by atoms with Gasteiger partial charge in [-0.2, -0.15) is 9.97 Å². The molecule has 7 N–H and O–H groups in total. The molecular weight excluding hydrogens is 627 g/mol. The maximum atomic E-state index is 14.5. The summed E-state index contributed by atoms with van der Waals surface area (Å²) in [6.45, 7) is 5.67. The van der Waals surface area contributed by atoms with Crippen LogP contribution in [0.5, 0.6) is 0 Å². The number of H-pyrrole nitrogens is 1. The minimum atomic E-state index is -4.13. The van der Waals surface area contributed by atoms with Crippen LogP contribution in [0.3, 0.4) is 0 Å². The monoisotopic (exact) mass is 668 g/mol. The second-order valence-corrected chi connectivity index (χ2v) is 13.2. The van der Waals surface area contributed by atoms with Crippen LogP contribution >= 0.6 is 7.75 Å². The summed E-state index contributed by atoms with van der Waals surface area (Å²) in [6.07, 6.45) is -2.51. The molecule has 0 spiro atoms. The van der Waals surface area contributed by atoms with Crippen LogP contribution in [0.4, 0.5) is 11.8 Å². The minimum absolute atomic E-state index is 0.0484. The molecule has 2 aliphatic rings. The molecule has 3 unspecified atom stereocenters. The second-order valence-electron chi connectivity index (χ2n) is 11.1. The lowest BCUT2D eigenvalue weighted by atomic mass is 10.2. The molecule has 7 atom stereocenters. The highest BCUT2D eigenvalue weighted by Gasteiger charge is 2.45. The molecule has 3 aromatic heterocycles. The first-order chi connectivity index (χ1) is 22.0. The van der Waals surface area contributed by atoms with E-state index in [4.69, 9.17) is 30.0 Å². The number of likely N-dealkylation sites (N-methyl/N-ethyl adjacent to an activating group) is 2. The standard InChI is InChI=1S/C26H41N10O9P/c1-4-34(5-2)9-8-33(3)46(41,45-16-11-21(43-17(16)12-37)35-7-6-19(27)30-26(35)40)42-13-18-15(38)10-20(44-18)36-14-29-22-23(36)31-25(28)32-24(22)39/h6-7,14-18,20-21,37-38H,4-5,8-13H2,1-3H3,(H2,27,30,40)(H3,28,31,32,39)/t15?,16?,17-,18-,20-,21-,46?/m1/s1. The summed E-state index contributed by atoms with van der Waals surface area (Å²) < 4.78 is 42.7. The van der Waals surface area contributed by atoms with Crippen molar-refractivity contribution >= 4 is 30.7 Å². The summed E-state index contributed by atoms with van der Waals surface area (Å²) in [6, 6.07) is 1.44. The Bertz CT molecular complexity index is 1660. The number of aromatic amines is 1. The summed E-state index contributed by atoms with van der Waals surface area (Å²) in [5, 5.41) is 21.0. The third-order valence-electron chi connectivity index (χ3n) is 8.21. The Morgan fingerprint density at radius 1 is 1.11 bits per heavy atom. The van der Waals surface area contributed by atoms with Crippen molar-refractivity contribution in [3.05, 3.63) is 39.4 Å². The largest absolute Gasteiger partial charge is 0.408 e. The number of nitrogens with two attached hydrogens (primary N) is 2. The predicted molar refractivity (Wildman–Crippen MR) is 164 cm³/mol. The molecule has 0 bridgehead atoms. The summed E-state index contributed by atoms with van der Waals surface area (Å²) in [5.74, 6) is -0.0484. The predicted octanol–water partition coefficient (Wildman–Crippen LogP) is -0.747. The van der Waals surface area contributed by atoms with E-state index in [1.807, 2.05) is 13.8 Å². The number of imidazole rings is 1. The molecule has 5 heterocycles. The van der Waals surface area contributed by atoms with Gasteiger partial charge in [-0.15, -0.1) is 0 Å². The summed E-state index contributed by atoms with van der Waals surface area (Å²) in [7, 11) is -2.53. The number of hydrogen-bond acceptors (Lipinski definition) is 15. The quantitative estimate of drug-likeness (QED) is 0.133. The molecule has 0 aliphatic carbocycles. The Morgan fingerprint density at radius 2 is 1.83 bits per heavy atom. The Kier molecular flexibility index (Phi) is 10.6. The summed E-state index contributed by atoms with van der Waals surface area (Å²) in [4.78, 5) is 41.2. The van der Waals surface area contributed by atoms with Crippen LogP contribution in [-0.2, 0) is 23.1 Å². The summed E-state index contributed by atoms with van der Waals surface area (Å²) in [5.41, 5.74) is 10.4. The zero-order valence-electron chi connectivity index (χ0n) is 25.8. The average molecular weight is 669 g/mol. The fourth-order valence-corrected chi connectivity index (χ4v) is 7.13. The maximum Gasteiger partial charge on any atom is 0.408 e. The van der Waals surface area contributed by atoms with E-state index in [0.717, 1.165) is 13.1 Å². The van der Waals surface area contributed by atoms with E-state index < -0.39 is 62.5 Å². The van der Waals surface area contributed by atoms with Crippen LogP contribution in [0.1, 0.15) is 39.1 Å². The number of nitrogen functional groups attached to an aromatic ring is 2. The van der Waals surface area contributed by atoms with E-state index in [2.05, 4.69) is 24.8 Å². The van der Waals surface area contributed by atoms with Crippen molar-refractivity contribution < 1.29 is 33.3 Å². The van der Waals surface area contributed by atoms with E-state index >= 15 is 0 Å². The van der Waals surface area contributed by atoms with Gasteiger partial charge in [0.05, 0.1) is 25.6 Å². The maximum absolute atomic E-state index is 14.5. The molecule has 0 amide bonds. The van der Waals surface area contributed by atoms with Crippen LogP contribution in [0, 0.1) is 0 Å². The molecule has 5 rings (SSSR count). The third kappa shape index (κ3) is 7.17. The van der Waals surface area contributed by atoms with Crippen molar-refractivity contribution in [1.29, 1.82) is 0 Å². The molecular formula is C26H41N10O9P. The molecule has 3 aromatic rings. The molecule has 20 heteroatoms. The Labute approximate surface area is 263 Å². The lowest BCUT2D eigenvalue weighted by Gasteiger charge is -2.32. The van der Waals surface area contributed by atoms with Gasteiger partial charge >= 0.3 is 13.4 Å². The van der Waals surface area contributed by atoms with Gasteiger partial charge in [-0.3, -0.25) is 28.0 Å². The van der Waals surface area contributed by atoms with Crippen molar-refractivity contribution in [2.45, 2.75) is 63.6 Å². The molecule has 0 radical (unpaired) electrons. The van der Waals surface area contributed by atoms with Crippen LogP contribution in [-0.4, -0.2) is 120 Å². The van der Waals surface area contributed by atoms with Crippen molar-refractivity contribution in [2.75, 3.05) is 57.9 Å². The van der Waals surface area contributed by atoms with Crippen molar-refractivity contribution in [2.24, 2.45) is 0 Å². The fourth-order valence-electron chi connectivity index (χ4n) is 5.48. The molecule has 0 aromatic carbocycles. The number of nitrogens with one attached hydrogen (secondary N) is 1. The third-order valence-corrected chi connectivity index (χ3v) is 10.3. The first kappa shape index (κ1) is 34.1. The lowest BCUT2D eigenvalue weighted by Crippen LogP contribution is -2.36. The van der Waals surface area contributed by atoms with Gasteiger partial charge < -0.3 is 36.1 Å². The first-order valence-electron chi connectivity index (χ1n) is 15.0. The Hall–Kier alpha value is -3.26. The minimum Gasteiger partial charge on any atom is -0.394 e. The Balaban J connectivity index is 1.33. The SMILES string of the molecule is CCN(CC)CCN(C)P(=O)(OC[C@H]1O[C@@H](n2cnc3c(=O)[nH]c(N)nc32)CC1O)OC1C[C@H](n2ccc(N)nc2=O)O[C@@H]1CO. The molecule has 254 valence electrons. The molecule has 46 heavy (non-hydrogen) atoms. The average Bonchev–Trinajstić information content (AvgIpc) is 3.73. The number of anilines is 2. The second kappa shape index (κ2) is 14.2. The molecule has 19 nitrogen and oxygen atoms in total. The number of rotatable bonds is 14. The van der Waals surface area contributed by atoms with E-state index in [1.54, 1.807) is 7.05 Å². The van der Waals surface area contributed by atoms with Gasteiger partial charge in [-0.1, -0.05) is 13.8 Å². The van der Waals surface area contributed by atoms with Gasteiger partial charge in [0.15, 0.2) is 11.2 Å². The highest BCUT2D eigenvalue weighted by molar-refractivity contribution is 7.51. The molecule has 2 saturated heterocycles. The van der Waals surface area contributed by atoms with E-state index in [0.29, 0.717) is 13.1 Å². The van der Waals surface area contributed by atoms with Crippen molar-refractivity contribution in [3.8, 4) is 0 Å². The number of ether oxygens (including phenoxy) is 2. The lowest BCUT2D eigenvalue weighted by molar-refractivity contribution is -0.0545. The van der Waals surface area contributed by atoms with Crippen molar-refractivity contribution in [3.63, 3.8) is 0 Å². The van der Waals surface area contributed by atoms with Crippen LogP contribution in [0.15, 0.2) is 28.2 Å². The van der Waals surface area contributed by atoms with Gasteiger partial charge in [-0.05, 0) is 26.2 Å². The van der Waals surface area contributed by atoms with Crippen LogP contribution in [0.2, 0.25) is 0 Å². The van der Waals surface area contributed by atoms with Gasteiger partial charge in [-0.25, -0.2) is 19.0 Å². The number of aliphatic hydroxyl groups is 2. The smallest absolute Gasteiger partial charge is 0.394 e. The van der Waals surface area contributed by atoms with Gasteiger partial charge in [0, 0.05) is 32.1 Å². The fraction of sp³-hybridized carbons (Fsp3) is 0.654. The highest BCUT2D eigenvalue weighted by Crippen LogP contribution is 2.54. The zero-order valence-corrected chi connectivity index (χ0v) is 26.7. The molecule has 2 aliphatic heterocycles. The van der Waals surface area contributed by atoms with E-state index in [-0.39, 0.29) is 42.4 Å². The van der Waals surface area contributed by atoms with Crippen molar-refractivity contribution in [1.82, 2.24) is 38.6 Å². The normalized spacial score (nSPS) is 26.4. The molecule has 0 saturated carbocycles. The number of fused-ring (bicyclic) bond motifs is 1. The van der Waals surface area contributed by atoms with E-state index in [1.165, 1.54) is 32.4 Å². The summed E-state index contributed by atoms with van der Waals surface area (Å²) >= 11 is 0. The number of hydrogen-bond donors (Lipinski definition) is 5.